The summed E-state index contributed by atoms with van der Waals surface area (Å²) in [6.45, 7) is 55.5. The average molecular weight is 1670 g/mol. The maximum atomic E-state index is 2.62. The van der Waals surface area contributed by atoms with Crippen molar-refractivity contribution in [1.29, 1.82) is 0 Å². The van der Waals surface area contributed by atoms with Crippen LogP contribution in [0.3, 0.4) is 0 Å². The predicted molar refractivity (Wildman–Crippen MR) is 547 cm³/mol. The van der Waals surface area contributed by atoms with Crippen LogP contribution in [-0.4, -0.2) is 0 Å². The summed E-state index contributed by atoms with van der Waals surface area (Å²) in [5.74, 6) is 0. The van der Waals surface area contributed by atoms with Crippen molar-refractivity contribution in [3.05, 3.63) is 473 Å². The lowest BCUT2D eigenvalue weighted by molar-refractivity contribution is 0.587. The van der Waals surface area contributed by atoms with E-state index < -0.39 is 21.7 Å². The summed E-state index contributed by atoms with van der Waals surface area (Å²) in [5, 5.41) is 5.36. The first-order chi connectivity index (χ1) is 60.5. The zero-order valence-corrected chi connectivity index (χ0v) is 80.3. The van der Waals surface area contributed by atoms with Crippen LogP contribution in [0.5, 0.6) is 0 Å². The zero-order chi connectivity index (χ0) is 90.4. The van der Waals surface area contributed by atoms with Crippen LogP contribution in [0, 0.1) is 0 Å². The number of hydrogen-bond donors (Lipinski definition) is 0. The number of fused-ring (bicyclic) bond motifs is 10. The van der Waals surface area contributed by atoms with Gasteiger partial charge in [0, 0.05) is 0 Å². The Kier molecular flexibility index (Phi) is 19.9. The van der Waals surface area contributed by atoms with Crippen LogP contribution in [-0.2, 0) is 65.0 Å². The third-order valence-electron chi connectivity index (χ3n) is 29.9. The molecule has 4 aliphatic rings. The van der Waals surface area contributed by atoms with Crippen LogP contribution in [0.1, 0.15) is 300 Å². The number of hydrogen-bond acceptors (Lipinski definition) is 0. The molecule has 0 heteroatoms. The third kappa shape index (κ3) is 13.2. The van der Waals surface area contributed by atoms with Gasteiger partial charge in [-0.15, -0.1) is 0 Å². The first-order valence-corrected chi connectivity index (χ1v) is 47.0. The first kappa shape index (κ1) is 85.5. The van der Waals surface area contributed by atoms with E-state index in [-0.39, 0.29) is 43.3 Å². The first-order valence-electron chi connectivity index (χ1n) is 47.0. The minimum absolute atomic E-state index is 0.0326. The second kappa shape index (κ2) is 29.8. The topological polar surface area (TPSA) is 0 Å². The molecule has 0 fully saturated rings. The van der Waals surface area contributed by atoms with E-state index in [1.807, 2.05) is 0 Å². The Hall–Kier alpha value is -12.0. The van der Waals surface area contributed by atoms with Gasteiger partial charge < -0.3 is 0 Å². The van der Waals surface area contributed by atoms with E-state index in [2.05, 4.69) is 506 Å². The van der Waals surface area contributed by atoms with Crippen LogP contribution in [0.2, 0.25) is 0 Å². The van der Waals surface area contributed by atoms with E-state index in [9.17, 15) is 0 Å². The molecule has 0 nitrogen and oxygen atoms in total. The van der Waals surface area contributed by atoms with Crippen molar-refractivity contribution in [1.82, 2.24) is 0 Å². The van der Waals surface area contributed by atoms with Crippen molar-refractivity contribution >= 4 is 21.5 Å². The summed E-state index contributed by atoms with van der Waals surface area (Å²) in [4.78, 5) is 0. The van der Waals surface area contributed by atoms with E-state index >= 15 is 0 Å². The molecule has 0 spiro atoms. The van der Waals surface area contributed by atoms with Crippen molar-refractivity contribution in [2.75, 3.05) is 0 Å². The molecule has 0 unspecified atom stereocenters. The minimum Gasteiger partial charge on any atom is -0.0619 e. The molecule has 0 aliphatic heterocycles. The van der Waals surface area contributed by atoms with Gasteiger partial charge in [0.15, 0.2) is 0 Å². The van der Waals surface area contributed by atoms with Crippen LogP contribution < -0.4 is 0 Å². The Morgan fingerprint density at radius 2 is 0.336 bits per heavy atom. The lowest BCUT2D eigenvalue weighted by atomic mass is 9.55. The van der Waals surface area contributed by atoms with Crippen molar-refractivity contribution in [3.63, 3.8) is 0 Å². The highest BCUT2D eigenvalue weighted by molar-refractivity contribution is 6.16. The van der Waals surface area contributed by atoms with E-state index in [1.165, 1.54) is 200 Å². The fourth-order valence-corrected chi connectivity index (χ4v) is 22.8. The summed E-state index contributed by atoms with van der Waals surface area (Å²) in [5.41, 5.74) is 40.3. The molecule has 0 aromatic heterocycles. The van der Waals surface area contributed by atoms with Gasteiger partial charge in [0.2, 0.25) is 0 Å². The van der Waals surface area contributed by atoms with Gasteiger partial charge in [0.1, 0.15) is 0 Å². The normalized spacial score (nSPS) is 15.1. The highest BCUT2D eigenvalue weighted by atomic mass is 14.5. The van der Waals surface area contributed by atoms with Gasteiger partial charge in [-0.1, -0.05) is 500 Å². The zero-order valence-electron chi connectivity index (χ0n) is 80.3. The highest BCUT2D eigenvalue weighted by Gasteiger charge is 2.53. The largest absolute Gasteiger partial charge is 0.0714 e. The summed E-state index contributed by atoms with van der Waals surface area (Å²) in [6.07, 6.45) is 0. The lowest BCUT2D eigenvalue weighted by Gasteiger charge is -2.46. The number of benzene rings is 16. The van der Waals surface area contributed by atoms with E-state index in [4.69, 9.17) is 0 Å². The Balaban J connectivity index is 0.000000167. The summed E-state index contributed by atoms with van der Waals surface area (Å²) in [7, 11) is 0. The van der Waals surface area contributed by atoms with Crippen LogP contribution in [0.4, 0.5) is 0 Å². The molecule has 16 aromatic carbocycles. The third-order valence-corrected chi connectivity index (χ3v) is 29.9. The highest BCUT2D eigenvalue weighted by Crippen LogP contribution is 2.66. The molecular weight excluding hydrogens is 1540 g/mol. The van der Waals surface area contributed by atoms with Crippen LogP contribution in [0.25, 0.3) is 66.1 Å². The van der Waals surface area contributed by atoms with Gasteiger partial charge in [-0.3, -0.25) is 0 Å². The molecule has 0 N–H and O–H groups in total. The summed E-state index contributed by atoms with van der Waals surface area (Å²) in [6, 6.07) is 134. The predicted octanol–water partition coefficient (Wildman–Crippen LogP) is 33.5. The Bertz CT molecular complexity index is 6540. The number of rotatable bonds is 8. The van der Waals surface area contributed by atoms with Crippen LogP contribution in [0.15, 0.2) is 340 Å². The lowest BCUT2D eigenvalue weighted by Crippen LogP contribution is -2.37. The van der Waals surface area contributed by atoms with Gasteiger partial charge in [-0.25, -0.2) is 0 Å². The Morgan fingerprint density at radius 1 is 0.141 bits per heavy atom. The van der Waals surface area contributed by atoms with Gasteiger partial charge in [0.25, 0.3) is 0 Å². The van der Waals surface area contributed by atoms with E-state index in [0.717, 1.165) is 0 Å². The molecule has 0 bridgehead atoms. The molecule has 0 radical (unpaired) electrons. The second-order valence-electron chi connectivity index (χ2n) is 45.9. The maximum Gasteiger partial charge on any atom is 0.0714 e. The van der Waals surface area contributed by atoms with Crippen LogP contribution >= 0.6 is 0 Å². The van der Waals surface area contributed by atoms with E-state index in [1.54, 1.807) is 0 Å². The molecular formula is C128H128. The standard InChI is InChI=1S/2C64H64/c1-59(2,3)41-24-32-45(33-25-41)63(46-34-26-42(27-35-46)60(4,5)6)53-21-15-13-18-49(53)52-40-56-57(51-20-17-23-55(63)58(51)52)50-19-14-16-22-54(50)64(56,47-36-28-43(29-37-47)61(7,8)9)48-38-30-44(31-39-48)62(10,11)12;1-59(2,3)41-21-29-45(30-22-41)63(46-31-23-42(24-32-46)60(4,5)6)53-19-15-13-17-49(53)51-37-38-52-50-18-14-16-20-54(50)64(56-40-39-55(63)57(51)58(52)56,47-33-25-43(26-34-47)61(7,8)9)48-35-27-44(28-36-48)62(10,11)12/h2*13-40H,1-12H3. The van der Waals surface area contributed by atoms with Gasteiger partial charge in [-0.05, 0) is 249 Å². The van der Waals surface area contributed by atoms with Gasteiger partial charge >= 0.3 is 0 Å². The molecule has 640 valence electrons. The van der Waals surface area contributed by atoms with Crippen molar-refractivity contribution in [2.24, 2.45) is 0 Å². The fourth-order valence-electron chi connectivity index (χ4n) is 22.8. The average Bonchev–Trinajstić information content (AvgIpc) is 0.691. The van der Waals surface area contributed by atoms with Crippen molar-refractivity contribution in [2.45, 2.75) is 231 Å². The van der Waals surface area contributed by atoms with E-state index in [0.29, 0.717) is 0 Å². The molecule has 20 rings (SSSR count). The Morgan fingerprint density at radius 3 is 0.578 bits per heavy atom. The Labute approximate surface area is 765 Å². The maximum absolute atomic E-state index is 2.62. The molecule has 0 heterocycles. The molecule has 4 aliphatic carbocycles. The van der Waals surface area contributed by atoms with Gasteiger partial charge in [0.05, 0.1) is 21.7 Å². The minimum atomic E-state index is -0.587. The summed E-state index contributed by atoms with van der Waals surface area (Å²) >= 11 is 0. The summed E-state index contributed by atoms with van der Waals surface area (Å²) < 4.78 is 0. The van der Waals surface area contributed by atoms with Crippen molar-refractivity contribution < 1.29 is 0 Å². The monoisotopic (exact) mass is 1670 g/mol. The fraction of sp³-hybridized carbons (Fsp3) is 0.281. The smallest absolute Gasteiger partial charge is 0.0619 e. The quantitative estimate of drug-likeness (QED) is 0.142. The second-order valence-corrected chi connectivity index (χ2v) is 45.9. The molecule has 0 amide bonds. The molecule has 16 aromatic rings. The molecule has 0 atom stereocenters. The molecule has 0 saturated heterocycles. The molecule has 0 saturated carbocycles. The van der Waals surface area contributed by atoms with Gasteiger partial charge in [-0.2, -0.15) is 0 Å². The van der Waals surface area contributed by atoms with Crippen molar-refractivity contribution in [3.8, 4) is 44.5 Å². The SMILES string of the molecule is CC(C)(C)c1ccc(C2(c3ccc(C(C)(C)C)cc3)c3ccccc3-c3c2cc2c4c(cccc34)C(c3ccc(C(C)(C)C)cc3)(c3ccc(C(C)(C)C)cc3)c3ccccc3-2)cc1.CC(C)(C)c1ccc(C2(c3ccc(C(C)(C)C)cc3)c3ccccc3-c3ccc4c5c(ccc2c35)C(c2ccc(C(C)(C)C)cc2)(c2ccc(C(C)(C)C)cc2)c2ccccc2-4)cc1. The molecule has 128 heavy (non-hydrogen) atoms.